The van der Waals surface area contributed by atoms with E-state index in [0.29, 0.717) is 22.2 Å². The minimum atomic E-state index is -0.213. The molecule has 3 rings (SSSR count). The second-order valence-corrected chi connectivity index (χ2v) is 6.75. The highest BCUT2D eigenvalue weighted by molar-refractivity contribution is 9.10. The summed E-state index contributed by atoms with van der Waals surface area (Å²) >= 11 is 4.74. The molecule has 0 saturated heterocycles. The molecule has 0 atom stereocenters. The topological polar surface area (TPSA) is 60.5 Å². The van der Waals surface area contributed by atoms with Crippen LogP contribution in [-0.4, -0.2) is 25.1 Å². The van der Waals surface area contributed by atoms with E-state index < -0.39 is 0 Å². The summed E-state index contributed by atoms with van der Waals surface area (Å²) in [6.45, 7) is 0. The largest absolute Gasteiger partial charge is 0.497 e. The number of aromatic nitrogens is 1. The van der Waals surface area contributed by atoms with E-state index in [9.17, 15) is 4.79 Å². The van der Waals surface area contributed by atoms with Crippen molar-refractivity contribution in [3.05, 3.63) is 57.9 Å². The molecule has 0 saturated carbocycles. The van der Waals surface area contributed by atoms with Crippen molar-refractivity contribution in [3.8, 4) is 22.8 Å². The number of nitrogens with zero attached hydrogens (tertiary/aromatic N) is 1. The van der Waals surface area contributed by atoms with Crippen molar-refractivity contribution in [2.45, 2.75) is 0 Å². The lowest BCUT2D eigenvalue weighted by Crippen LogP contribution is -2.12. The van der Waals surface area contributed by atoms with Crippen LogP contribution in [0.2, 0.25) is 0 Å². The minimum Gasteiger partial charge on any atom is -0.497 e. The van der Waals surface area contributed by atoms with E-state index >= 15 is 0 Å². The molecular weight excluding hydrogens is 404 g/mol. The summed E-state index contributed by atoms with van der Waals surface area (Å²) < 4.78 is 11.4. The lowest BCUT2D eigenvalue weighted by atomic mass is 10.1. The Morgan fingerprint density at radius 2 is 1.96 bits per heavy atom. The Hall–Kier alpha value is -2.38. The van der Waals surface area contributed by atoms with E-state index in [2.05, 4.69) is 26.2 Å². The summed E-state index contributed by atoms with van der Waals surface area (Å²) in [5, 5.41) is 5.22. The highest BCUT2D eigenvalue weighted by Gasteiger charge is 2.14. The first-order chi connectivity index (χ1) is 12.1. The number of hydrogen-bond acceptors (Lipinski definition) is 5. The van der Waals surface area contributed by atoms with Crippen LogP contribution in [0, 0.1) is 0 Å². The van der Waals surface area contributed by atoms with E-state index in [1.54, 1.807) is 26.4 Å². The van der Waals surface area contributed by atoms with Gasteiger partial charge in [0.1, 0.15) is 11.5 Å². The number of methoxy groups -OCH3 is 2. The van der Waals surface area contributed by atoms with Crippen molar-refractivity contribution in [2.24, 2.45) is 0 Å². The average molecular weight is 419 g/mol. The number of halogens is 1. The van der Waals surface area contributed by atoms with Gasteiger partial charge in [0.15, 0.2) is 5.13 Å². The molecule has 25 heavy (non-hydrogen) atoms. The highest BCUT2D eigenvalue weighted by atomic mass is 79.9. The number of carbonyl (C=O) groups is 1. The van der Waals surface area contributed by atoms with Gasteiger partial charge in [0.05, 0.1) is 25.5 Å². The second-order valence-electron chi connectivity index (χ2n) is 5.04. The van der Waals surface area contributed by atoms with Crippen LogP contribution in [0.4, 0.5) is 5.13 Å². The van der Waals surface area contributed by atoms with Crippen molar-refractivity contribution in [1.82, 2.24) is 4.98 Å². The number of nitrogens with one attached hydrogen (secondary N) is 1. The predicted octanol–water partition coefficient (Wildman–Crippen LogP) is 4.84. The van der Waals surface area contributed by atoms with Crippen molar-refractivity contribution in [2.75, 3.05) is 19.5 Å². The molecule has 0 fully saturated rings. The molecule has 1 aromatic heterocycles. The number of ether oxygens (including phenoxy) is 2. The Balaban J connectivity index is 1.84. The summed E-state index contributed by atoms with van der Waals surface area (Å²) in [5.74, 6) is 1.15. The van der Waals surface area contributed by atoms with Crippen molar-refractivity contribution in [1.29, 1.82) is 0 Å². The zero-order valence-electron chi connectivity index (χ0n) is 13.6. The molecule has 0 aliphatic heterocycles. The molecule has 1 N–H and O–H groups in total. The summed E-state index contributed by atoms with van der Waals surface area (Å²) in [7, 11) is 3.20. The number of rotatable bonds is 5. The maximum atomic E-state index is 12.4. The van der Waals surface area contributed by atoms with Crippen LogP contribution in [0.25, 0.3) is 11.3 Å². The smallest absolute Gasteiger partial charge is 0.258 e. The first-order valence-electron chi connectivity index (χ1n) is 7.36. The van der Waals surface area contributed by atoms with Crippen LogP contribution >= 0.6 is 27.3 Å². The third kappa shape index (κ3) is 3.83. The van der Waals surface area contributed by atoms with Gasteiger partial charge >= 0.3 is 0 Å². The molecule has 0 aliphatic rings. The summed E-state index contributed by atoms with van der Waals surface area (Å²) in [4.78, 5) is 16.9. The first-order valence-corrected chi connectivity index (χ1v) is 9.03. The fourth-order valence-corrected chi connectivity index (χ4v) is 3.45. The number of amides is 1. The quantitative estimate of drug-likeness (QED) is 0.643. The van der Waals surface area contributed by atoms with Gasteiger partial charge in [-0.15, -0.1) is 11.3 Å². The van der Waals surface area contributed by atoms with E-state index in [1.807, 2.05) is 35.7 Å². The Labute approximate surface area is 157 Å². The lowest BCUT2D eigenvalue weighted by Gasteiger charge is -2.08. The molecule has 7 heteroatoms. The predicted molar refractivity (Wildman–Crippen MR) is 103 cm³/mol. The van der Waals surface area contributed by atoms with Gasteiger partial charge in [0.25, 0.3) is 5.91 Å². The molecule has 5 nitrogen and oxygen atoms in total. The van der Waals surface area contributed by atoms with Crippen molar-refractivity contribution < 1.29 is 14.3 Å². The van der Waals surface area contributed by atoms with Gasteiger partial charge in [-0.3, -0.25) is 10.1 Å². The van der Waals surface area contributed by atoms with Gasteiger partial charge in [0.2, 0.25) is 0 Å². The second kappa shape index (κ2) is 7.67. The van der Waals surface area contributed by atoms with E-state index in [1.165, 1.54) is 11.3 Å². The van der Waals surface area contributed by atoms with Gasteiger partial charge in [0, 0.05) is 21.5 Å². The number of thiazole rings is 1. The monoisotopic (exact) mass is 418 g/mol. The van der Waals surface area contributed by atoms with Gasteiger partial charge < -0.3 is 9.47 Å². The maximum absolute atomic E-state index is 12.4. The molecule has 2 aromatic carbocycles. The van der Waals surface area contributed by atoms with E-state index in [0.717, 1.165) is 15.7 Å². The maximum Gasteiger partial charge on any atom is 0.258 e. The van der Waals surface area contributed by atoms with Crippen LogP contribution in [0.1, 0.15) is 10.4 Å². The fraction of sp³-hybridized carbons (Fsp3) is 0.111. The zero-order chi connectivity index (χ0) is 17.8. The molecule has 1 heterocycles. The minimum absolute atomic E-state index is 0.213. The summed E-state index contributed by atoms with van der Waals surface area (Å²) in [5.41, 5.74) is 2.12. The fourth-order valence-electron chi connectivity index (χ4n) is 2.27. The molecule has 0 aliphatic carbocycles. The van der Waals surface area contributed by atoms with Gasteiger partial charge in [-0.05, 0) is 40.2 Å². The Kier molecular flexibility index (Phi) is 5.35. The number of anilines is 1. The van der Waals surface area contributed by atoms with E-state index in [4.69, 9.17) is 9.47 Å². The van der Waals surface area contributed by atoms with Crippen LogP contribution in [0.3, 0.4) is 0 Å². The standard InChI is InChI=1S/C18H15BrN2O3S/c1-23-11-7-8-13(16(9-11)24-2)15-10-25-18(20-15)21-17(22)12-5-3-4-6-14(12)19/h3-10H,1-2H3,(H,20,21,22). The van der Waals surface area contributed by atoms with Gasteiger partial charge in [-0.1, -0.05) is 12.1 Å². The molecule has 128 valence electrons. The highest BCUT2D eigenvalue weighted by Crippen LogP contribution is 2.35. The average Bonchev–Trinajstić information content (AvgIpc) is 3.09. The third-order valence-electron chi connectivity index (χ3n) is 3.53. The van der Waals surface area contributed by atoms with Gasteiger partial charge in [-0.25, -0.2) is 4.98 Å². The molecule has 0 radical (unpaired) electrons. The SMILES string of the molecule is COc1ccc(-c2csc(NC(=O)c3ccccc3Br)n2)c(OC)c1. The molecular formula is C18H15BrN2O3S. The Morgan fingerprint density at radius 3 is 2.68 bits per heavy atom. The van der Waals surface area contributed by atoms with E-state index in [-0.39, 0.29) is 5.91 Å². The van der Waals surface area contributed by atoms with Crippen LogP contribution < -0.4 is 14.8 Å². The number of benzene rings is 2. The van der Waals surface area contributed by atoms with Crippen molar-refractivity contribution >= 4 is 38.3 Å². The lowest BCUT2D eigenvalue weighted by molar-refractivity contribution is 0.102. The van der Waals surface area contributed by atoms with Crippen LogP contribution in [0.5, 0.6) is 11.5 Å². The number of hydrogen-bond donors (Lipinski definition) is 1. The summed E-state index contributed by atoms with van der Waals surface area (Å²) in [6, 6.07) is 12.8. The molecule has 0 spiro atoms. The first kappa shape index (κ1) is 17.4. The molecule has 3 aromatic rings. The molecule has 0 unspecified atom stereocenters. The normalized spacial score (nSPS) is 10.4. The third-order valence-corrected chi connectivity index (χ3v) is 4.98. The van der Waals surface area contributed by atoms with Crippen LogP contribution in [0.15, 0.2) is 52.3 Å². The van der Waals surface area contributed by atoms with Gasteiger partial charge in [-0.2, -0.15) is 0 Å². The Bertz CT molecular complexity index is 911. The van der Waals surface area contributed by atoms with Crippen molar-refractivity contribution in [3.63, 3.8) is 0 Å². The number of carbonyl (C=O) groups excluding carboxylic acids is 1. The Morgan fingerprint density at radius 1 is 1.16 bits per heavy atom. The molecule has 0 bridgehead atoms. The molecule has 1 amide bonds. The zero-order valence-corrected chi connectivity index (χ0v) is 16.0. The summed E-state index contributed by atoms with van der Waals surface area (Å²) in [6.07, 6.45) is 0. The van der Waals surface area contributed by atoms with Crippen LogP contribution in [-0.2, 0) is 0 Å².